The SMILES string of the molecule is C/C=C(C)\C=C/C[C@@H](C)CCC=C(C)C. The Morgan fingerprint density at radius 2 is 1.87 bits per heavy atom. The lowest BCUT2D eigenvalue weighted by atomic mass is 10.0. The minimum atomic E-state index is 0.793. The third-order valence-electron chi connectivity index (χ3n) is 2.59. The maximum atomic E-state index is 2.33. The first-order valence-corrected chi connectivity index (χ1v) is 5.99. The maximum Gasteiger partial charge on any atom is -0.0322 e. The van der Waals surface area contributed by atoms with Gasteiger partial charge in [-0.3, -0.25) is 0 Å². The van der Waals surface area contributed by atoms with Crippen LogP contribution in [-0.2, 0) is 0 Å². The highest BCUT2D eigenvalue weighted by Gasteiger charge is 1.97. The van der Waals surface area contributed by atoms with Crippen LogP contribution in [0.1, 0.15) is 53.9 Å². The second kappa shape index (κ2) is 8.52. The van der Waals surface area contributed by atoms with Gasteiger partial charge in [0.15, 0.2) is 0 Å². The Kier molecular flexibility index (Phi) is 8.08. The fraction of sp³-hybridized carbons (Fsp3) is 0.600. The van der Waals surface area contributed by atoms with Crippen molar-refractivity contribution in [3.63, 3.8) is 0 Å². The molecule has 0 amide bonds. The molecule has 0 aliphatic carbocycles. The van der Waals surface area contributed by atoms with Gasteiger partial charge in [-0.05, 0) is 52.9 Å². The van der Waals surface area contributed by atoms with Crippen LogP contribution in [0.5, 0.6) is 0 Å². The lowest BCUT2D eigenvalue weighted by Crippen LogP contribution is -1.91. The molecule has 0 aromatic heterocycles. The van der Waals surface area contributed by atoms with E-state index in [-0.39, 0.29) is 0 Å². The van der Waals surface area contributed by atoms with Crippen molar-refractivity contribution in [1.29, 1.82) is 0 Å². The van der Waals surface area contributed by atoms with Crippen LogP contribution in [0.4, 0.5) is 0 Å². The second-order valence-corrected chi connectivity index (χ2v) is 4.63. The molecule has 0 nitrogen and oxygen atoms in total. The molecule has 86 valence electrons. The predicted molar refractivity (Wildman–Crippen MR) is 71.0 cm³/mol. The fourth-order valence-electron chi connectivity index (χ4n) is 1.36. The summed E-state index contributed by atoms with van der Waals surface area (Å²) in [4.78, 5) is 0. The lowest BCUT2D eigenvalue weighted by Gasteiger charge is -2.06. The topological polar surface area (TPSA) is 0 Å². The van der Waals surface area contributed by atoms with E-state index in [1.807, 2.05) is 0 Å². The Bertz CT molecular complexity index is 237. The summed E-state index contributed by atoms with van der Waals surface area (Å²) >= 11 is 0. The van der Waals surface area contributed by atoms with E-state index in [9.17, 15) is 0 Å². The van der Waals surface area contributed by atoms with Gasteiger partial charge in [0.05, 0.1) is 0 Å². The van der Waals surface area contributed by atoms with E-state index in [0.29, 0.717) is 0 Å². The van der Waals surface area contributed by atoms with Crippen molar-refractivity contribution >= 4 is 0 Å². The average molecular weight is 206 g/mol. The summed E-state index contributed by atoms with van der Waals surface area (Å²) in [6.45, 7) is 10.9. The van der Waals surface area contributed by atoms with E-state index < -0.39 is 0 Å². The minimum absolute atomic E-state index is 0.793. The summed E-state index contributed by atoms with van der Waals surface area (Å²) < 4.78 is 0. The lowest BCUT2D eigenvalue weighted by molar-refractivity contribution is 0.545. The van der Waals surface area contributed by atoms with Crippen molar-refractivity contribution in [3.8, 4) is 0 Å². The molecule has 0 radical (unpaired) electrons. The maximum absolute atomic E-state index is 2.33. The fourth-order valence-corrected chi connectivity index (χ4v) is 1.36. The van der Waals surface area contributed by atoms with Crippen LogP contribution in [0, 0.1) is 5.92 Å². The molecule has 15 heavy (non-hydrogen) atoms. The smallest absolute Gasteiger partial charge is 0.0322 e. The highest BCUT2D eigenvalue weighted by atomic mass is 14.0. The van der Waals surface area contributed by atoms with Gasteiger partial charge in [-0.2, -0.15) is 0 Å². The van der Waals surface area contributed by atoms with Crippen LogP contribution in [0.15, 0.2) is 35.5 Å². The summed E-state index contributed by atoms with van der Waals surface area (Å²) in [7, 11) is 0. The van der Waals surface area contributed by atoms with E-state index in [4.69, 9.17) is 0 Å². The zero-order valence-electron chi connectivity index (χ0n) is 11.0. The van der Waals surface area contributed by atoms with Crippen molar-refractivity contribution in [2.45, 2.75) is 53.9 Å². The highest BCUT2D eigenvalue weighted by Crippen LogP contribution is 2.12. The van der Waals surface area contributed by atoms with E-state index in [1.165, 1.54) is 30.4 Å². The summed E-state index contributed by atoms with van der Waals surface area (Å²) in [5.41, 5.74) is 2.79. The molecule has 0 N–H and O–H groups in total. The largest absolute Gasteiger partial charge is 0.0859 e. The van der Waals surface area contributed by atoms with Gasteiger partial charge < -0.3 is 0 Å². The molecule has 0 bridgehead atoms. The Balaban J connectivity index is 3.71. The quantitative estimate of drug-likeness (QED) is 0.409. The third-order valence-corrected chi connectivity index (χ3v) is 2.59. The standard InChI is InChI=1S/C15H26/c1-6-14(4)10-8-12-15(5)11-7-9-13(2)3/h6,8-10,15H,7,11-12H2,1-5H3/b10-8-,14-6-/t15-/m0/s1. The summed E-state index contributed by atoms with van der Waals surface area (Å²) in [5.74, 6) is 0.793. The van der Waals surface area contributed by atoms with Crippen LogP contribution in [0.25, 0.3) is 0 Å². The van der Waals surface area contributed by atoms with Crippen LogP contribution >= 0.6 is 0 Å². The molecule has 0 aliphatic rings. The minimum Gasteiger partial charge on any atom is -0.0859 e. The number of allylic oxidation sites excluding steroid dienone is 6. The normalized spacial score (nSPS) is 14.3. The van der Waals surface area contributed by atoms with E-state index in [2.05, 4.69) is 58.9 Å². The van der Waals surface area contributed by atoms with Crippen LogP contribution in [-0.4, -0.2) is 0 Å². The van der Waals surface area contributed by atoms with E-state index in [0.717, 1.165) is 5.92 Å². The molecular weight excluding hydrogens is 180 g/mol. The average Bonchev–Trinajstić information content (AvgIpc) is 2.17. The van der Waals surface area contributed by atoms with E-state index in [1.54, 1.807) is 0 Å². The zero-order chi connectivity index (χ0) is 11.7. The Morgan fingerprint density at radius 1 is 1.20 bits per heavy atom. The summed E-state index contributed by atoms with van der Waals surface area (Å²) in [5, 5.41) is 0. The van der Waals surface area contributed by atoms with Crippen molar-refractivity contribution in [2.75, 3.05) is 0 Å². The van der Waals surface area contributed by atoms with Crippen LogP contribution in [0.2, 0.25) is 0 Å². The van der Waals surface area contributed by atoms with Crippen LogP contribution in [0.3, 0.4) is 0 Å². The van der Waals surface area contributed by atoms with Gasteiger partial charge in [-0.25, -0.2) is 0 Å². The molecule has 0 aliphatic heterocycles. The molecular formula is C15H26. The molecule has 0 saturated heterocycles. The Labute approximate surface area is 95.8 Å². The van der Waals surface area contributed by atoms with E-state index >= 15 is 0 Å². The molecule has 0 aromatic carbocycles. The summed E-state index contributed by atoms with van der Waals surface area (Å²) in [6.07, 6.45) is 12.7. The van der Waals surface area contributed by atoms with Crippen molar-refractivity contribution in [1.82, 2.24) is 0 Å². The molecule has 0 rings (SSSR count). The molecule has 0 fully saturated rings. The molecule has 0 aromatic rings. The highest BCUT2D eigenvalue weighted by molar-refractivity contribution is 5.14. The first-order chi connectivity index (χ1) is 7.06. The molecule has 0 saturated carbocycles. The van der Waals surface area contributed by atoms with Gasteiger partial charge in [-0.15, -0.1) is 0 Å². The molecule has 0 spiro atoms. The monoisotopic (exact) mass is 206 g/mol. The van der Waals surface area contributed by atoms with Crippen molar-refractivity contribution in [3.05, 3.63) is 35.5 Å². The molecule has 1 atom stereocenters. The predicted octanol–water partition coefficient (Wildman–Crippen LogP) is 5.28. The molecule has 0 heteroatoms. The van der Waals surface area contributed by atoms with Gasteiger partial charge in [0, 0.05) is 0 Å². The van der Waals surface area contributed by atoms with Gasteiger partial charge >= 0.3 is 0 Å². The Morgan fingerprint density at radius 3 is 2.40 bits per heavy atom. The van der Waals surface area contributed by atoms with Gasteiger partial charge in [-0.1, -0.05) is 42.4 Å². The van der Waals surface area contributed by atoms with Crippen molar-refractivity contribution in [2.24, 2.45) is 5.92 Å². The van der Waals surface area contributed by atoms with Crippen LogP contribution < -0.4 is 0 Å². The number of hydrogen-bond donors (Lipinski definition) is 0. The number of hydrogen-bond acceptors (Lipinski definition) is 0. The first-order valence-electron chi connectivity index (χ1n) is 5.99. The Hall–Kier alpha value is -0.780. The molecule has 0 unspecified atom stereocenters. The van der Waals surface area contributed by atoms with Gasteiger partial charge in [0.1, 0.15) is 0 Å². The van der Waals surface area contributed by atoms with Crippen molar-refractivity contribution < 1.29 is 0 Å². The third kappa shape index (κ3) is 9.52. The zero-order valence-corrected chi connectivity index (χ0v) is 11.0. The van der Waals surface area contributed by atoms with Gasteiger partial charge in [0.25, 0.3) is 0 Å². The molecule has 0 heterocycles. The summed E-state index contributed by atoms with van der Waals surface area (Å²) in [6, 6.07) is 0. The second-order valence-electron chi connectivity index (χ2n) is 4.63. The first kappa shape index (κ1) is 14.2. The van der Waals surface area contributed by atoms with Gasteiger partial charge in [0.2, 0.25) is 0 Å². The number of rotatable bonds is 6.